The van der Waals surface area contributed by atoms with Gasteiger partial charge in [-0.1, -0.05) is 12.1 Å². The molecule has 116 valence electrons. The number of aromatic nitrogens is 1. The largest absolute Gasteiger partial charge is 0.321 e. The van der Waals surface area contributed by atoms with Gasteiger partial charge in [0.05, 0.1) is 4.88 Å². The molecule has 0 saturated carbocycles. The minimum absolute atomic E-state index is 0.0369. The summed E-state index contributed by atoms with van der Waals surface area (Å²) in [4.78, 5) is 30.4. The van der Waals surface area contributed by atoms with Gasteiger partial charge in [-0.25, -0.2) is 4.98 Å². The number of amides is 1. The normalized spacial score (nSPS) is 10.5. The van der Waals surface area contributed by atoms with Gasteiger partial charge < -0.3 is 5.32 Å². The zero-order chi connectivity index (χ0) is 16.4. The molecule has 2 aromatic heterocycles. The first kappa shape index (κ1) is 15.6. The van der Waals surface area contributed by atoms with Crippen LogP contribution in [-0.2, 0) is 0 Å². The van der Waals surface area contributed by atoms with Gasteiger partial charge in [-0.3, -0.25) is 9.59 Å². The highest BCUT2D eigenvalue weighted by Gasteiger charge is 2.13. The Balaban J connectivity index is 1.77. The van der Waals surface area contributed by atoms with Gasteiger partial charge >= 0.3 is 0 Å². The smallest absolute Gasteiger partial charge is 0.275 e. The molecule has 4 nitrogen and oxygen atoms in total. The molecule has 0 aliphatic carbocycles. The molecule has 0 aliphatic heterocycles. The van der Waals surface area contributed by atoms with Crippen LogP contribution in [0.3, 0.4) is 0 Å². The van der Waals surface area contributed by atoms with Gasteiger partial charge in [-0.2, -0.15) is 0 Å². The predicted molar refractivity (Wildman–Crippen MR) is 94.6 cm³/mol. The molecule has 3 aromatic rings. The third-order valence-corrected chi connectivity index (χ3v) is 5.23. The van der Waals surface area contributed by atoms with Crippen molar-refractivity contribution in [3.63, 3.8) is 0 Å². The number of anilines is 1. The molecule has 3 rings (SSSR count). The number of nitrogens with zero attached hydrogens (tertiary/aromatic N) is 1. The van der Waals surface area contributed by atoms with Crippen molar-refractivity contribution >= 4 is 40.1 Å². The van der Waals surface area contributed by atoms with Gasteiger partial charge in [0.25, 0.3) is 5.91 Å². The molecule has 0 saturated heterocycles. The minimum Gasteiger partial charge on any atom is -0.321 e. The molecule has 0 fully saturated rings. The minimum atomic E-state index is -0.276. The van der Waals surface area contributed by atoms with Crippen LogP contribution in [0, 0.1) is 6.92 Å². The van der Waals surface area contributed by atoms with Crippen LogP contribution < -0.4 is 5.32 Å². The second-order valence-electron chi connectivity index (χ2n) is 5.04. The van der Waals surface area contributed by atoms with E-state index >= 15 is 0 Å². The SMILES string of the molecule is CC(=O)c1cccc(NC(=O)c2csc(-c3ccc(C)s3)n2)c1. The number of carbonyl (C=O) groups is 2. The first-order valence-electron chi connectivity index (χ1n) is 6.97. The molecule has 0 radical (unpaired) electrons. The fraction of sp³-hybridized carbons (Fsp3) is 0.118. The summed E-state index contributed by atoms with van der Waals surface area (Å²) >= 11 is 3.10. The summed E-state index contributed by atoms with van der Waals surface area (Å²) in [6.45, 7) is 3.54. The van der Waals surface area contributed by atoms with E-state index in [0.29, 0.717) is 16.9 Å². The van der Waals surface area contributed by atoms with Crippen LogP contribution in [0.4, 0.5) is 5.69 Å². The lowest BCUT2D eigenvalue weighted by molar-refractivity contribution is 0.100. The quantitative estimate of drug-likeness (QED) is 0.703. The number of thiazole rings is 1. The van der Waals surface area contributed by atoms with Gasteiger partial charge in [0.2, 0.25) is 0 Å². The van der Waals surface area contributed by atoms with E-state index in [9.17, 15) is 9.59 Å². The van der Waals surface area contributed by atoms with Crippen molar-refractivity contribution in [2.75, 3.05) is 5.32 Å². The van der Waals surface area contributed by atoms with Crippen molar-refractivity contribution in [2.24, 2.45) is 0 Å². The topological polar surface area (TPSA) is 59.1 Å². The molecule has 23 heavy (non-hydrogen) atoms. The zero-order valence-corrected chi connectivity index (χ0v) is 14.3. The Bertz CT molecular complexity index is 880. The molecule has 6 heteroatoms. The summed E-state index contributed by atoms with van der Waals surface area (Å²) in [6, 6.07) is 10.9. The summed E-state index contributed by atoms with van der Waals surface area (Å²) in [6.07, 6.45) is 0. The van der Waals surface area contributed by atoms with Crippen molar-refractivity contribution < 1.29 is 9.59 Å². The standard InChI is InChI=1S/C17H14N2O2S2/c1-10-6-7-15(23-10)17-19-14(9-22-17)16(21)18-13-5-3-4-12(8-13)11(2)20/h3-9H,1-2H3,(H,18,21). The summed E-state index contributed by atoms with van der Waals surface area (Å²) in [5.41, 5.74) is 1.53. The Morgan fingerprint density at radius 1 is 1.17 bits per heavy atom. The highest BCUT2D eigenvalue weighted by molar-refractivity contribution is 7.21. The lowest BCUT2D eigenvalue weighted by Crippen LogP contribution is -2.12. The van der Waals surface area contributed by atoms with E-state index in [-0.39, 0.29) is 11.7 Å². The van der Waals surface area contributed by atoms with E-state index < -0.39 is 0 Å². The molecule has 0 atom stereocenters. The fourth-order valence-corrected chi connectivity index (χ4v) is 3.79. The molecular formula is C17H14N2O2S2. The van der Waals surface area contributed by atoms with E-state index in [4.69, 9.17) is 0 Å². The lowest BCUT2D eigenvalue weighted by Gasteiger charge is -2.04. The highest BCUT2D eigenvalue weighted by Crippen LogP contribution is 2.30. The summed E-state index contributed by atoms with van der Waals surface area (Å²) in [5.74, 6) is -0.313. The Hall–Kier alpha value is -2.31. The van der Waals surface area contributed by atoms with Crippen molar-refractivity contribution in [2.45, 2.75) is 13.8 Å². The number of thiophene rings is 1. The van der Waals surface area contributed by atoms with Crippen LogP contribution in [0.5, 0.6) is 0 Å². The number of nitrogens with one attached hydrogen (secondary N) is 1. The maximum Gasteiger partial charge on any atom is 0.275 e. The number of aryl methyl sites for hydroxylation is 1. The predicted octanol–water partition coefficient (Wildman–Crippen LogP) is 4.63. The number of ketones is 1. The van der Waals surface area contributed by atoms with Gasteiger partial charge in [0.15, 0.2) is 5.78 Å². The number of hydrogen-bond donors (Lipinski definition) is 1. The molecule has 0 aliphatic rings. The molecule has 0 spiro atoms. The second-order valence-corrected chi connectivity index (χ2v) is 7.19. The van der Waals surface area contributed by atoms with Gasteiger partial charge in [-0.15, -0.1) is 22.7 Å². The molecule has 1 aromatic carbocycles. The van der Waals surface area contributed by atoms with Crippen LogP contribution in [0.1, 0.15) is 32.6 Å². The average Bonchev–Trinajstić information content (AvgIpc) is 3.16. The second kappa shape index (κ2) is 6.44. The third kappa shape index (κ3) is 3.55. The van der Waals surface area contributed by atoms with Crippen LogP contribution in [0.15, 0.2) is 41.8 Å². The summed E-state index contributed by atoms with van der Waals surface area (Å²) < 4.78 is 0. The van der Waals surface area contributed by atoms with Crippen LogP contribution >= 0.6 is 22.7 Å². The fourth-order valence-electron chi connectivity index (χ4n) is 2.05. The molecule has 0 unspecified atom stereocenters. The average molecular weight is 342 g/mol. The van der Waals surface area contributed by atoms with Crippen molar-refractivity contribution in [1.82, 2.24) is 4.98 Å². The maximum absolute atomic E-state index is 12.3. The maximum atomic E-state index is 12.3. The number of carbonyl (C=O) groups excluding carboxylic acids is 2. The summed E-state index contributed by atoms with van der Waals surface area (Å²) in [5, 5.41) is 5.36. The van der Waals surface area contributed by atoms with Crippen LogP contribution in [-0.4, -0.2) is 16.7 Å². The number of Topliss-reactive ketones (excluding diaryl/α,β-unsaturated/α-hetero) is 1. The number of benzene rings is 1. The van der Waals surface area contributed by atoms with Gasteiger partial charge in [0, 0.05) is 21.5 Å². The Morgan fingerprint density at radius 3 is 2.70 bits per heavy atom. The van der Waals surface area contributed by atoms with E-state index in [2.05, 4.69) is 10.3 Å². The van der Waals surface area contributed by atoms with E-state index in [1.807, 2.05) is 19.1 Å². The highest BCUT2D eigenvalue weighted by atomic mass is 32.1. The molecule has 2 heterocycles. The molecule has 1 N–H and O–H groups in total. The van der Waals surface area contributed by atoms with Gasteiger partial charge in [-0.05, 0) is 38.1 Å². The summed E-state index contributed by atoms with van der Waals surface area (Å²) in [7, 11) is 0. The first-order chi connectivity index (χ1) is 11.0. The van der Waals surface area contributed by atoms with Crippen molar-refractivity contribution in [1.29, 1.82) is 0 Å². The zero-order valence-electron chi connectivity index (χ0n) is 12.6. The molecule has 1 amide bonds. The van der Waals surface area contributed by atoms with E-state index in [1.165, 1.54) is 23.1 Å². The Labute approximate surface area is 141 Å². The Kier molecular flexibility index (Phi) is 4.36. The van der Waals surface area contributed by atoms with Crippen LogP contribution in [0.2, 0.25) is 0 Å². The lowest BCUT2D eigenvalue weighted by atomic mass is 10.1. The van der Waals surface area contributed by atoms with Gasteiger partial charge in [0.1, 0.15) is 10.7 Å². The Morgan fingerprint density at radius 2 is 2.00 bits per heavy atom. The monoisotopic (exact) mass is 342 g/mol. The number of rotatable bonds is 4. The third-order valence-electron chi connectivity index (χ3n) is 3.21. The molecular weight excluding hydrogens is 328 g/mol. The van der Waals surface area contributed by atoms with Crippen LogP contribution in [0.25, 0.3) is 9.88 Å². The van der Waals surface area contributed by atoms with E-state index in [1.54, 1.807) is 41.0 Å². The first-order valence-corrected chi connectivity index (χ1v) is 8.67. The van der Waals surface area contributed by atoms with E-state index in [0.717, 1.165) is 9.88 Å². The van der Waals surface area contributed by atoms with Crippen molar-refractivity contribution in [3.05, 3.63) is 57.9 Å². The van der Waals surface area contributed by atoms with Crippen molar-refractivity contribution in [3.8, 4) is 9.88 Å². The number of hydrogen-bond acceptors (Lipinski definition) is 5. The molecule has 0 bridgehead atoms.